The molecule has 3 rings (SSSR count). The van der Waals surface area contributed by atoms with Crippen molar-refractivity contribution >= 4 is 29.5 Å². The molecule has 0 radical (unpaired) electrons. The van der Waals surface area contributed by atoms with Gasteiger partial charge in [0.15, 0.2) is 0 Å². The zero-order chi connectivity index (χ0) is 19.7. The van der Waals surface area contributed by atoms with E-state index < -0.39 is 17.9 Å². The summed E-state index contributed by atoms with van der Waals surface area (Å²) < 4.78 is 4.95. The van der Waals surface area contributed by atoms with Crippen molar-refractivity contribution in [1.82, 2.24) is 14.7 Å². The summed E-state index contributed by atoms with van der Waals surface area (Å²) in [5.74, 6) is -1.16. The first kappa shape index (κ1) is 18.4. The van der Waals surface area contributed by atoms with Crippen LogP contribution in [0.3, 0.4) is 0 Å². The number of ether oxygens (including phenoxy) is 1. The number of allylic oxidation sites excluding steroid dienone is 1. The number of hydrogen-bond donors (Lipinski definition) is 1. The average Bonchev–Trinajstić information content (AvgIpc) is 2.87. The van der Waals surface area contributed by atoms with Crippen LogP contribution in [0.1, 0.15) is 27.6 Å². The number of amides is 4. The summed E-state index contributed by atoms with van der Waals surface area (Å²) >= 11 is 0. The smallest absolute Gasteiger partial charge is 0.414 e. The van der Waals surface area contributed by atoms with Crippen molar-refractivity contribution in [2.45, 2.75) is 6.92 Å². The van der Waals surface area contributed by atoms with Crippen molar-refractivity contribution in [3.8, 4) is 0 Å². The third-order valence-corrected chi connectivity index (χ3v) is 4.48. The standard InChI is InChI=1S/C18H20N4O5/c1-11(2)27-18(26)21-8-6-20(7-9-21)14(23)10-22-16(24)12-4-3-5-13(19)15(12)17(22)25/h3-5H,1,6-10,19H2,2H3. The molecule has 0 atom stereocenters. The maximum absolute atomic E-state index is 12.5. The Hall–Kier alpha value is -3.36. The fraction of sp³-hybridized carbons (Fsp3) is 0.333. The summed E-state index contributed by atoms with van der Waals surface area (Å²) in [5, 5.41) is 0. The molecule has 9 nitrogen and oxygen atoms in total. The predicted molar refractivity (Wildman–Crippen MR) is 95.7 cm³/mol. The molecule has 0 unspecified atom stereocenters. The molecule has 0 saturated carbocycles. The first-order valence-electron chi connectivity index (χ1n) is 8.44. The fourth-order valence-corrected chi connectivity index (χ4v) is 3.09. The van der Waals surface area contributed by atoms with Crippen molar-refractivity contribution in [3.05, 3.63) is 41.7 Å². The van der Waals surface area contributed by atoms with E-state index in [-0.39, 0.29) is 42.4 Å². The van der Waals surface area contributed by atoms with E-state index in [1.54, 1.807) is 19.1 Å². The highest BCUT2D eigenvalue weighted by atomic mass is 16.6. The minimum absolute atomic E-state index is 0.141. The number of piperazine rings is 1. The van der Waals surface area contributed by atoms with Gasteiger partial charge in [0.1, 0.15) is 6.54 Å². The lowest BCUT2D eigenvalue weighted by Crippen LogP contribution is -2.53. The van der Waals surface area contributed by atoms with Gasteiger partial charge in [-0.15, -0.1) is 0 Å². The van der Waals surface area contributed by atoms with Gasteiger partial charge in [0.2, 0.25) is 5.91 Å². The number of nitrogens with two attached hydrogens (primary N) is 1. The van der Waals surface area contributed by atoms with Crippen molar-refractivity contribution in [1.29, 1.82) is 0 Å². The second kappa shape index (κ2) is 7.10. The maximum Gasteiger partial charge on any atom is 0.414 e. The van der Waals surface area contributed by atoms with E-state index >= 15 is 0 Å². The summed E-state index contributed by atoms with van der Waals surface area (Å²) in [5.41, 5.74) is 6.35. The van der Waals surface area contributed by atoms with Crippen LogP contribution in [0.25, 0.3) is 0 Å². The Morgan fingerprint density at radius 2 is 1.74 bits per heavy atom. The molecule has 1 saturated heterocycles. The molecule has 2 aliphatic rings. The number of nitrogens with zero attached hydrogens (tertiary/aromatic N) is 3. The quantitative estimate of drug-likeness (QED) is 0.474. The number of carbonyl (C=O) groups is 4. The molecule has 0 spiro atoms. The summed E-state index contributed by atoms with van der Waals surface area (Å²) in [6.45, 7) is 5.90. The number of carbonyl (C=O) groups excluding carboxylic acids is 4. The summed E-state index contributed by atoms with van der Waals surface area (Å²) in [6.07, 6.45) is -0.509. The normalized spacial score (nSPS) is 16.4. The molecular formula is C18H20N4O5. The second-order valence-corrected chi connectivity index (χ2v) is 6.40. The largest absolute Gasteiger partial charge is 0.416 e. The van der Waals surface area contributed by atoms with Crippen LogP contribution in [0.4, 0.5) is 10.5 Å². The van der Waals surface area contributed by atoms with Crippen LogP contribution < -0.4 is 5.73 Å². The van der Waals surface area contributed by atoms with Crippen LogP contribution in [-0.2, 0) is 9.53 Å². The van der Waals surface area contributed by atoms with E-state index in [0.717, 1.165) is 4.90 Å². The van der Waals surface area contributed by atoms with E-state index in [4.69, 9.17) is 10.5 Å². The Morgan fingerprint density at radius 3 is 2.33 bits per heavy atom. The monoisotopic (exact) mass is 372 g/mol. The SMILES string of the molecule is C=C(C)OC(=O)N1CCN(C(=O)CN2C(=O)c3cccc(N)c3C2=O)CC1. The van der Waals surface area contributed by atoms with Gasteiger partial charge in [0, 0.05) is 31.9 Å². The van der Waals surface area contributed by atoms with Crippen LogP contribution in [-0.4, -0.2) is 71.2 Å². The molecule has 1 aromatic rings. The van der Waals surface area contributed by atoms with Gasteiger partial charge < -0.3 is 20.3 Å². The van der Waals surface area contributed by atoms with Crippen molar-refractivity contribution in [2.75, 3.05) is 38.5 Å². The summed E-state index contributed by atoms with van der Waals surface area (Å²) in [6, 6.07) is 4.65. The Morgan fingerprint density at radius 1 is 1.11 bits per heavy atom. The molecule has 2 aliphatic heterocycles. The number of fused-ring (bicyclic) bond motifs is 1. The molecule has 4 amide bonds. The van der Waals surface area contributed by atoms with Gasteiger partial charge in [-0.1, -0.05) is 12.6 Å². The molecule has 2 N–H and O–H groups in total. The van der Waals surface area contributed by atoms with Gasteiger partial charge in [-0.2, -0.15) is 0 Å². The number of imide groups is 1. The maximum atomic E-state index is 12.5. The third kappa shape index (κ3) is 3.48. The zero-order valence-electron chi connectivity index (χ0n) is 14.9. The van der Waals surface area contributed by atoms with E-state index in [9.17, 15) is 19.2 Å². The summed E-state index contributed by atoms with van der Waals surface area (Å²) in [7, 11) is 0. The summed E-state index contributed by atoms with van der Waals surface area (Å²) in [4.78, 5) is 53.2. The Bertz CT molecular complexity index is 842. The van der Waals surface area contributed by atoms with Crippen molar-refractivity contribution < 1.29 is 23.9 Å². The van der Waals surface area contributed by atoms with Gasteiger partial charge in [-0.05, 0) is 19.1 Å². The first-order valence-corrected chi connectivity index (χ1v) is 8.44. The Kier molecular flexibility index (Phi) is 4.85. The number of benzene rings is 1. The molecular weight excluding hydrogens is 352 g/mol. The van der Waals surface area contributed by atoms with Gasteiger partial charge in [-0.25, -0.2) is 4.79 Å². The third-order valence-electron chi connectivity index (χ3n) is 4.48. The fourth-order valence-electron chi connectivity index (χ4n) is 3.09. The number of hydrogen-bond acceptors (Lipinski definition) is 6. The molecule has 0 aliphatic carbocycles. The Balaban J connectivity index is 1.60. The lowest BCUT2D eigenvalue weighted by atomic mass is 10.1. The predicted octanol–water partition coefficient (Wildman–Crippen LogP) is 0.679. The minimum Gasteiger partial charge on any atom is -0.416 e. The highest BCUT2D eigenvalue weighted by Crippen LogP contribution is 2.27. The molecule has 9 heteroatoms. The number of nitrogen functional groups attached to an aromatic ring is 1. The second-order valence-electron chi connectivity index (χ2n) is 6.40. The molecule has 1 aromatic carbocycles. The van der Waals surface area contributed by atoms with Gasteiger partial charge in [-0.3, -0.25) is 19.3 Å². The zero-order valence-corrected chi connectivity index (χ0v) is 14.9. The van der Waals surface area contributed by atoms with Crippen molar-refractivity contribution in [3.63, 3.8) is 0 Å². The van der Waals surface area contributed by atoms with E-state index in [1.807, 2.05) is 0 Å². The molecule has 142 valence electrons. The van der Waals surface area contributed by atoms with E-state index in [1.165, 1.54) is 15.9 Å². The topological polar surface area (TPSA) is 113 Å². The van der Waals surface area contributed by atoms with Crippen molar-refractivity contribution in [2.24, 2.45) is 0 Å². The molecule has 27 heavy (non-hydrogen) atoms. The lowest BCUT2D eigenvalue weighted by Gasteiger charge is -2.34. The van der Waals surface area contributed by atoms with Gasteiger partial charge >= 0.3 is 6.09 Å². The molecule has 1 fully saturated rings. The van der Waals surface area contributed by atoms with Gasteiger partial charge in [0.25, 0.3) is 11.8 Å². The van der Waals surface area contributed by atoms with Crippen LogP contribution in [0.5, 0.6) is 0 Å². The lowest BCUT2D eigenvalue weighted by molar-refractivity contribution is -0.133. The average molecular weight is 372 g/mol. The highest BCUT2D eigenvalue weighted by Gasteiger charge is 2.39. The van der Waals surface area contributed by atoms with E-state index in [0.29, 0.717) is 18.8 Å². The van der Waals surface area contributed by atoms with Crippen LogP contribution in [0.2, 0.25) is 0 Å². The van der Waals surface area contributed by atoms with Gasteiger partial charge in [0.05, 0.1) is 16.9 Å². The van der Waals surface area contributed by atoms with Crippen LogP contribution in [0.15, 0.2) is 30.5 Å². The first-order chi connectivity index (χ1) is 12.8. The number of anilines is 1. The molecule has 0 aromatic heterocycles. The number of rotatable bonds is 3. The minimum atomic E-state index is -0.565. The van der Waals surface area contributed by atoms with Crippen LogP contribution in [0, 0.1) is 0 Å². The van der Waals surface area contributed by atoms with E-state index in [2.05, 4.69) is 6.58 Å². The molecule has 2 heterocycles. The molecule has 0 bridgehead atoms. The highest BCUT2D eigenvalue weighted by molar-refractivity contribution is 6.24. The van der Waals surface area contributed by atoms with Crippen LogP contribution >= 0.6 is 0 Å². The Labute approximate surface area is 155 Å².